The Kier molecular flexibility index (Phi) is 5.71. The van der Waals surface area contributed by atoms with Gasteiger partial charge in [-0.15, -0.1) is 0 Å². The van der Waals surface area contributed by atoms with E-state index < -0.39 is 0 Å². The van der Waals surface area contributed by atoms with E-state index in [1.54, 1.807) is 0 Å². The molecule has 0 saturated carbocycles. The normalized spacial score (nSPS) is 11.6. The average molecular weight is 620 g/mol. The van der Waals surface area contributed by atoms with Crippen molar-refractivity contribution in [2.75, 3.05) is 0 Å². The number of hydrogen-bond donors (Lipinski definition) is 0. The monoisotopic (exact) mass is 619 g/mol. The molecule has 0 bridgehead atoms. The lowest BCUT2D eigenvalue weighted by atomic mass is 9.70. The van der Waals surface area contributed by atoms with Crippen molar-refractivity contribution < 1.29 is 0 Å². The van der Waals surface area contributed by atoms with E-state index in [2.05, 4.69) is 130 Å². The zero-order valence-electron chi connectivity index (χ0n) is 26.3. The van der Waals surface area contributed by atoms with E-state index in [4.69, 9.17) is 13.1 Å². The lowest BCUT2D eigenvalue weighted by Gasteiger charge is -2.32. The largest absolute Gasteiger partial charge is 0.309 e. The number of benzene rings is 8. The molecule has 8 aromatic carbocycles. The molecule has 10 rings (SSSR count). The highest BCUT2D eigenvalue weighted by molar-refractivity contribution is 6.26. The fraction of sp³-hybridized carbons (Fsp3) is 0. The number of fused-ring (bicyclic) bond motifs is 9. The van der Waals surface area contributed by atoms with Gasteiger partial charge in [-0.05, 0) is 125 Å². The second-order valence-electron chi connectivity index (χ2n) is 12.7. The van der Waals surface area contributed by atoms with Crippen LogP contribution in [-0.4, -0.2) is 4.57 Å². The van der Waals surface area contributed by atoms with Crippen molar-refractivity contribution in [1.82, 2.24) is 4.57 Å². The fourth-order valence-corrected chi connectivity index (χ4v) is 7.98. The van der Waals surface area contributed by atoms with Gasteiger partial charge in [0.1, 0.15) is 0 Å². The molecule has 0 N–H and O–H groups in total. The molecule has 0 atom stereocenters. The summed E-state index contributed by atoms with van der Waals surface area (Å²) in [6.07, 6.45) is 0. The maximum Gasteiger partial charge on any atom is 0.188 e. The zero-order chi connectivity index (χ0) is 32.6. The van der Waals surface area contributed by atoms with Crippen LogP contribution < -0.4 is 0 Å². The first-order valence-electron chi connectivity index (χ1n) is 16.3. The first-order chi connectivity index (χ1) is 24.2. The summed E-state index contributed by atoms with van der Waals surface area (Å²) in [6.45, 7) is 15.2. The first kappa shape index (κ1) is 27.2. The molecule has 0 fully saturated rings. The van der Waals surface area contributed by atoms with Gasteiger partial charge in [-0.3, -0.25) is 0 Å². The summed E-state index contributed by atoms with van der Waals surface area (Å²) in [5.41, 5.74) is 14.5. The van der Waals surface area contributed by atoms with Crippen LogP contribution in [0.5, 0.6) is 0 Å². The van der Waals surface area contributed by atoms with Crippen LogP contribution in [0.2, 0.25) is 0 Å². The van der Waals surface area contributed by atoms with Gasteiger partial charge in [0.2, 0.25) is 0 Å². The molecule has 1 heterocycles. The van der Waals surface area contributed by atoms with Crippen LogP contribution in [-0.2, 0) is 0 Å². The molecule has 0 unspecified atom stereocenters. The van der Waals surface area contributed by atoms with E-state index in [9.17, 15) is 0 Å². The third-order valence-corrected chi connectivity index (χ3v) is 10.1. The lowest BCUT2D eigenvalue weighted by molar-refractivity contribution is 1.19. The number of hydrogen-bond acceptors (Lipinski definition) is 0. The van der Waals surface area contributed by atoms with Crippen molar-refractivity contribution in [2.45, 2.75) is 0 Å². The summed E-state index contributed by atoms with van der Waals surface area (Å²) in [4.78, 5) is 7.38. The van der Waals surface area contributed by atoms with Gasteiger partial charge in [-0.1, -0.05) is 103 Å². The van der Waals surface area contributed by atoms with Crippen molar-refractivity contribution >= 4 is 54.7 Å². The molecule has 0 aliphatic heterocycles. The van der Waals surface area contributed by atoms with Crippen LogP contribution in [0, 0.1) is 13.1 Å². The SMILES string of the molecule is [C-]#[N+]c1ccc2c(c1)c1cc([N+]#[C-])ccc1n2-c1ccc2cc3c(cc2c1)-c1c-3c(-c2ccccc2)c2ccccc2c1-c1ccccc1. The van der Waals surface area contributed by atoms with E-state index >= 15 is 0 Å². The number of rotatable bonds is 3. The van der Waals surface area contributed by atoms with E-state index in [0.717, 1.165) is 27.5 Å². The Labute approximate surface area is 283 Å². The molecule has 0 radical (unpaired) electrons. The molecule has 1 aliphatic carbocycles. The molecule has 9 aromatic rings. The summed E-state index contributed by atoms with van der Waals surface area (Å²) in [7, 11) is 0. The zero-order valence-corrected chi connectivity index (χ0v) is 26.3. The van der Waals surface area contributed by atoms with Crippen LogP contribution in [0.1, 0.15) is 0 Å². The molecule has 1 aromatic heterocycles. The maximum absolute atomic E-state index is 7.61. The van der Waals surface area contributed by atoms with Gasteiger partial charge in [-0.2, -0.15) is 0 Å². The minimum atomic E-state index is 0.591. The van der Waals surface area contributed by atoms with Crippen molar-refractivity contribution in [2.24, 2.45) is 0 Å². The minimum Gasteiger partial charge on any atom is -0.309 e. The highest BCUT2D eigenvalue weighted by atomic mass is 15.0. The molecule has 3 heteroatoms. The average Bonchev–Trinajstić information content (AvgIpc) is 3.49. The lowest BCUT2D eigenvalue weighted by Crippen LogP contribution is -2.05. The van der Waals surface area contributed by atoms with E-state index in [0.29, 0.717) is 11.4 Å². The molecular weight excluding hydrogens is 595 g/mol. The van der Waals surface area contributed by atoms with Gasteiger partial charge < -0.3 is 4.57 Å². The van der Waals surface area contributed by atoms with Crippen molar-refractivity contribution in [1.29, 1.82) is 0 Å². The second kappa shape index (κ2) is 10.3. The molecule has 0 amide bonds. The van der Waals surface area contributed by atoms with Gasteiger partial charge in [0.15, 0.2) is 11.4 Å². The predicted molar refractivity (Wildman–Crippen MR) is 204 cm³/mol. The fourth-order valence-electron chi connectivity index (χ4n) is 7.98. The van der Waals surface area contributed by atoms with E-state index in [1.165, 1.54) is 66.1 Å². The Morgan fingerprint density at radius 3 is 1.39 bits per heavy atom. The highest BCUT2D eigenvalue weighted by Crippen LogP contribution is 2.59. The van der Waals surface area contributed by atoms with Gasteiger partial charge in [-0.25, -0.2) is 9.69 Å². The quantitative estimate of drug-likeness (QED) is 0.175. The topological polar surface area (TPSA) is 13.7 Å². The Hall–Kier alpha value is -6.94. The summed E-state index contributed by atoms with van der Waals surface area (Å²) < 4.78 is 2.26. The van der Waals surface area contributed by atoms with Crippen molar-refractivity contribution in [3.63, 3.8) is 0 Å². The minimum absolute atomic E-state index is 0.591. The number of aromatic nitrogens is 1. The summed E-state index contributed by atoms with van der Waals surface area (Å²) >= 11 is 0. The van der Waals surface area contributed by atoms with Gasteiger partial charge in [0.05, 0.1) is 24.2 Å². The van der Waals surface area contributed by atoms with Crippen molar-refractivity contribution in [3.8, 4) is 50.2 Å². The van der Waals surface area contributed by atoms with Gasteiger partial charge >= 0.3 is 0 Å². The van der Waals surface area contributed by atoms with Crippen LogP contribution in [0.15, 0.2) is 152 Å². The highest BCUT2D eigenvalue weighted by Gasteiger charge is 2.32. The van der Waals surface area contributed by atoms with E-state index in [1.807, 2.05) is 36.4 Å². The molecule has 224 valence electrons. The molecule has 0 spiro atoms. The predicted octanol–water partition coefficient (Wildman–Crippen LogP) is 13.2. The van der Waals surface area contributed by atoms with Crippen LogP contribution >= 0.6 is 0 Å². The Morgan fingerprint density at radius 1 is 0.388 bits per heavy atom. The Morgan fingerprint density at radius 2 is 0.878 bits per heavy atom. The first-order valence-corrected chi connectivity index (χ1v) is 16.3. The number of nitrogens with zero attached hydrogens (tertiary/aromatic N) is 3. The standard InChI is InChI=1S/C46H25N3/c1-47-32-18-21-41-37(26-32)38-27-33(48-2)19-22-42(38)49(41)34-20-17-30-24-39-40(25-31(30)23-34)46-44(29-13-7-4-8-14-29)36-16-10-9-15-35(36)43(45(39)46)28-11-5-3-6-12-28/h3-27H. The third-order valence-electron chi connectivity index (χ3n) is 10.1. The Balaban J connectivity index is 1.24. The molecule has 1 aliphatic rings. The maximum atomic E-state index is 7.61. The van der Waals surface area contributed by atoms with Crippen LogP contribution in [0.3, 0.4) is 0 Å². The smallest absolute Gasteiger partial charge is 0.188 e. The molecule has 0 saturated heterocycles. The van der Waals surface area contributed by atoms with Crippen molar-refractivity contribution in [3.05, 3.63) is 174 Å². The van der Waals surface area contributed by atoms with Crippen LogP contribution in [0.25, 0.3) is 103 Å². The summed E-state index contributed by atoms with van der Waals surface area (Å²) in [6, 6.07) is 53.5. The van der Waals surface area contributed by atoms with Gasteiger partial charge in [0, 0.05) is 5.69 Å². The molecule has 49 heavy (non-hydrogen) atoms. The third kappa shape index (κ3) is 3.88. The summed E-state index contributed by atoms with van der Waals surface area (Å²) in [5, 5.41) is 6.84. The summed E-state index contributed by atoms with van der Waals surface area (Å²) in [5.74, 6) is 0. The van der Waals surface area contributed by atoms with Crippen LogP contribution in [0.4, 0.5) is 11.4 Å². The second-order valence-corrected chi connectivity index (χ2v) is 12.7. The van der Waals surface area contributed by atoms with Gasteiger partial charge in [0.25, 0.3) is 0 Å². The molecule has 3 nitrogen and oxygen atoms in total. The molecular formula is C46H25N3. The Bertz CT molecular complexity index is 2870. The van der Waals surface area contributed by atoms with E-state index in [-0.39, 0.29) is 0 Å².